The Hall–Kier alpha value is -1.57. The van der Waals surface area contributed by atoms with E-state index in [4.69, 9.17) is 4.74 Å². The second-order valence-corrected chi connectivity index (χ2v) is 9.12. The molecule has 0 heterocycles. The first-order valence-electron chi connectivity index (χ1n) is 9.55. The lowest BCUT2D eigenvalue weighted by molar-refractivity contribution is -0.0294. The number of carbonyl (C=O) groups excluding carboxylic acids is 1. The van der Waals surface area contributed by atoms with E-state index in [1.807, 2.05) is 25.1 Å². The monoisotopic (exact) mass is 340 g/mol. The maximum absolute atomic E-state index is 13.6. The van der Waals surface area contributed by atoms with Crippen molar-refractivity contribution in [2.75, 3.05) is 7.11 Å². The third-order valence-electron chi connectivity index (χ3n) is 6.90. The number of ether oxygens (including phenoxy) is 1. The zero-order valence-electron chi connectivity index (χ0n) is 16.6. The van der Waals surface area contributed by atoms with E-state index in [1.165, 1.54) is 18.4 Å². The van der Waals surface area contributed by atoms with Gasteiger partial charge in [0.25, 0.3) is 0 Å². The summed E-state index contributed by atoms with van der Waals surface area (Å²) in [6.07, 6.45) is 7.06. The van der Waals surface area contributed by atoms with Crippen LogP contribution in [-0.4, -0.2) is 12.9 Å². The molecule has 0 aliphatic heterocycles. The molecule has 25 heavy (non-hydrogen) atoms. The molecular formula is C23H32O2. The Morgan fingerprint density at radius 1 is 1.12 bits per heavy atom. The number of rotatable bonds is 3. The molecule has 0 radical (unpaired) electrons. The Labute approximate surface area is 152 Å². The summed E-state index contributed by atoms with van der Waals surface area (Å²) < 4.78 is 5.40. The highest BCUT2D eigenvalue weighted by Gasteiger charge is 2.54. The summed E-state index contributed by atoms with van der Waals surface area (Å²) in [4.78, 5) is 13.6. The average Bonchev–Trinajstić information content (AvgIpc) is 2.52. The largest absolute Gasteiger partial charge is 0.497 e. The predicted molar refractivity (Wildman–Crippen MR) is 103 cm³/mol. The van der Waals surface area contributed by atoms with Gasteiger partial charge in [0.1, 0.15) is 5.75 Å². The van der Waals surface area contributed by atoms with Crippen molar-refractivity contribution in [1.82, 2.24) is 0 Å². The van der Waals surface area contributed by atoms with E-state index in [-0.39, 0.29) is 17.1 Å². The number of allylic oxidation sites excluding steroid dienone is 2. The van der Waals surface area contributed by atoms with Crippen molar-refractivity contribution in [3.8, 4) is 5.75 Å². The normalized spacial score (nSPS) is 31.0. The number of carbonyl (C=O) groups is 1. The first-order valence-corrected chi connectivity index (χ1v) is 9.55. The first kappa shape index (κ1) is 18.2. The highest BCUT2D eigenvalue weighted by atomic mass is 16.5. The molecule has 2 aliphatic carbocycles. The van der Waals surface area contributed by atoms with Gasteiger partial charge in [-0.1, -0.05) is 38.8 Å². The van der Waals surface area contributed by atoms with Crippen LogP contribution >= 0.6 is 0 Å². The van der Waals surface area contributed by atoms with E-state index in [2.05, 4.69) is 33.8 Å². The van der Waals surface area contributed by atoms with Crippen LogP contribution in [0.4, 0.5) is 0 Å². The molecule has 1 aromatic carbocycles. The Bertz CT molecular complexity index is 713. The zero-order valence-corrected chi connectivity index (χ0v) is 16.6. The standard InChI is InChI=1S/C23H32O2/c1-15-12-17(14-18(13-15)25-6)21(24)20-16(2)8-9-19-22(3,4)10-7-11-23(19,20)5/h8,12-14,19-20H,7,9-11H2,1-6H3/t19-,20+,23+/m0/s1. The highest BCUT2D eigenvalue weighted by molar-refractivity contribution is 6.00. The van der Waals surface area contributed by atoms with Gasteiger partial charge in [-0.25, -0.2) is 0 Å². The smallest absolute Gasteiger partial charge is 0.170 e. The molecule has 0 unspecified atom stereocenters. The Kier molecular flexibility index (Phi) is 4.59. The average molecular weight is 341 g/mol. The molecule has 0 bridgehead atoms. The lowest BCUT2D eigenvalue weighted by atomic mass is 9.48. The number of methoxy groups -OCH3 is 1. The molecule has 2 aliphatic rings. The third kappa shape index (κ3) is 3.05. The minimum absolute atomic E-state index is 0.0164. The topological polar surface area (TPSA) is 26.3 Å². The van der Waals surface area contributed by atoms with Crippen molar-refractivity contribution in [2.45, 2.75) is 60.3 Å². The number of ketones is 1. The number of Topliss-reactive ketones (excluding diaryl/α,β-unsaturated/α-hetero) is 1. The number of benzene rings is 1. The van der Waals surface area contributed by atoms with E-state index in [0.29, 0.717) is 11.3 Å². The fourth-order valence-electron chi connectivity index (χ4n) is 5.72. The van der Waals surface area contributed by atoms with Crippen molar-refractivity contribution >= 4 is 5.78 Å². The van der Waals surface area contributed by atoms with Gasteiger partial charge in [0.15, 0.2) is 5.78 Å². The lowest BCUT2D eigenvalue weighted by Gasteiger charge is -2.56. The molecule has 136 valence electrons. The number of hydrogen-bond acceptors (Lipinski definition) is 2. The van der Waals surface area contributed by atoms with Crippen molar-refractivity contribution in [3.05, 3.63) is 41.0 Å². The van der Waals surface area contributed by atoms with Gasteiger partial charge in [0, 0.05) is 11.5 Å². The Morgan fingerprint density at radius 3 is 2.52 bits per heavy atom. The maximum atomic E-state index is 13.6. The summed E-state index contributed by atoms with van der Waals surface area (Å²) in [5, 5.41) is 0. The Balaban J connectivity index is 2.05. The summed E-state index contributed by atoms with van der Waals surface area (Å²) in [5.41, 5.74) is 3.47. The molecule has 1 aromatic rings. The number of aryl methyl sites for hydroxylation is 1. The van der Waals surface area contributed by atoms with Gasteiger partial charge >= 0.3 is 0 Å². The second kappa shape index (κ2) is 6.30. The van der Waals surface area contributed by atoms with E-state index in [0.717, 1.165) is 29.7 Å². The molecular weight excluding hydrogens is 308 g/mol. The molecule has 0 spiro atoms. The van der Waals surface area contributed by atoms with Crippen LogP contribution in [0.2, 0.25) is 0 Å². The van der Waals surface area contributed by atoms with Crippen LogP contribution < -0.4 is 4.74 Å². The van der Waals surface area contributed by atoms with Crippen LogP contribution in [0.15, 0.2) is 29.8 Å². The van der Waals surface area contributed by atoms with Gasteiger partial charge in [0.05, 0.1) is 7.11 Å². The molecule has 2 nitrogen and oxygen atoms in total. The summed E-state index contributed by atoms with van der Waals surface area (Å²) >= 11 is 0. The molecule has 0 N–H and O–H groups in total. The molecule has 0 aromatic heterocycles. The second-order valence-electron chi connectivity index (χ2n) is 9.12. The highest BCUT2D eigenvalue weighted by Crippen LogP contribution is 2.60. The molecule has 3 atom stereocenters. The molecule has 1 saturated carbocycles. The summed E-state index contributed by atoms with van der Waals surface area (Å²) in [6.45, 7) is 11.3. The fraction of sp³-hybridized carbons (Fsp3) is 0.609. The third-order valence-corrected chi connectivity index (χ3v) is 6.90. The van der Waals surface area contributed by atoms with Gasteiger partial charge in [-0.15, -0.1) is 0 Å². The van der Waals surface area contributed by atoms with Crippen molar-refractivity contribution in [2.24, 2.45) is 22.7 Å². The van der Waals surface area contributed by atoms with Crippen LogP contribution in [0.25, 0.3) is 0 Å². The van der Waals surface area contributed by atoms with Crippen LogP contribution in [0, 0.1) is 29.6 Å². The molecule has 0 amide bonds. The fourth-order valence-corrected chi connectivity index (χ4v) is 5.72. The van der Waals surface area contributed by atoms with Gasteiger partial charge < -0.3 is 4.74 Å². The summed E-state index contributed by atoms with van der Waals surface area (Å²) in [6, 6.07) is 5.90. The summed E-state index contributed by atoms with van der Waals surface area (Å²) in [5.74, 6) is 1.59. The van der Waals surface area contributed by atoms with Gasteiger partial charge in [0.2, 0.25) is 0 Å². The van der Waals surface area contributed by atoms with Crippen LogP contribution in [0.1, 0.15) is 69.3 Å². The predicted octanol–water partition coefficient (Wildman–Crippen LogP) is 5.99. The van der Waals surface area contributed by atoms with Gasteiger partial charge in [-0.05, 0) is 73.6 Å². The van der Waals surface area contributed by atoms with E-state index >= 15 is 0 Å². The van der Waals surface area contributed by atoms with E-state index < -0.39 is 0 Å². The van der Waals surface area contributed by atoms with Crippen LogP contribution in [0.5, 0.6) is 5.75 Å². The van der Waals surface area contributed by atoms with Crippen LogP contribution in [0.3, 0.4) is 0 Å². The van der Waals surface area contributed by atoms with Crippen molar-refractivity contribution < 1.29 is 9.53 Å². The summed E-state index contributed by atoms with van der Waals surface area (Å²) in [7, 11) is 1.66. The minimum atomic E-state index is -0.0164. The number of hydrogen-bond donors (Lipinski definition) is 0. The molecule has 3 rings (SSSR count). The van der Waals surface area contributed by atoms with E-state index in [9.17, 15) is 4.79 Å². The quantitative estimate of drug-likeness (QED) is 0.499. The zero-order chi connectivity index (χ0) is 18.4. The van der Waals surface area contributed by atoms with Crippen molar-refractivity contribution in [1.29, 1.82) is 0 Å². The van der Waals surface area contributed by atoms with E-state index in [1.54, 1.807) is 7.11 Å². The van der Waals surface area contributed by atoms with Gasteiger partial charge in [-0.3, -0.25) is 4.79 Å². The SMILES string of the molecule is COc1cc(C)cc(C(=O)[C@H]2C(C)=CC[C@H]3C(C)(C)CCC[C@@]23C)c1. The Morgan fingerprint density at radius 2 is 1.84 bits per heavy atom. The molecule has 0 saturated heterocycles. The first-order chi connectivity index (χ1) is 11.7. The minimum Gasteiger partial charge on any atom is -0.497 e. The van der Waals surface area contributed by atoms with Gasteiger partial charge in [-0.2, -0.15) is 0 Å². The molecule has 1 fully saturated rings. The molecule has 2 heteroatoms. The van der Waals surface area contributed by atoms with Crippen molar-refractivity contribution in [3.63, 3.8) is 0 Å². The maximum Gasteiger partial charge on any atom is 0.170 e. The lowest BCUT2D eigenvalue weighted by Crippen LogP contribution is -2.50. The van der Waals surface area contributed by atoms with Crippen LogP contribution in [-0.2, 0) is 0 Å². The number of fused-ring (bicyclic) bond motifs is 1.